The summed E-state index contributed by atoms with van der Waals surface area (Å²) in [4.78, 5) is 0. The zero-order valence-electron chi connectivity index (χ0n) is 13.5. The van der Waals surface area contributed by atoms with Crippen molar-refractivity contribution in [3.8, 4) is 0 Å². The summed E-state index contributed by atoms with van der Waals surface area (Å²) in [5, 5.41) is 11.8. The average molecular weight is 436 g/mol. The predicted octanol–water partition coefficient (Wildman–Crippen LogP) is 5.46. The molecule has 1 aromatic heterocycles. The van der Waals surface area contributed by atoms with Gasteiger partial charge in [0.1, 0.15) is 0 Å². The van der Waals surface area contributed by atoms with Crippen LogP contribution in [0.5, 0.6) is 0 Å². The molecule has 4 nitrogen and oxygen atoms in total. The van der Waals surface area contributed by atoms with E-state index in [0.29, 0.717) is 16.7 Å². The van der Waals surface area contributed by atoms with Crippen LogP contribution in [0.4, 0.5) is 11.4 Å². The molecule has 0 aliphatic heterocycles. The summed E-state index contributed by atoms with van der Waals surface area (Å²) in [5.41, 5.74) is 3.95. The van der Waals surface area contributed by atoms with Gasteiger partial charge in [0.15, 0.2) is 5.11 Å². The lowest BCUT2D eigenvalue weighted by Gasteiger charge is -2.11. The molecule has 0 atom stereocenters. The van der Waals surface area contributed by atoms with Gasteiger partial charge in [0.2, 0.25) is 0 Å². The van der Waals surface area contributed by atoms with Gasteiger partial charge in [-0.15, -0.1) is 0 Å². The molecule has 0 aliphatic rings. The third-order valence-corrected chi connectivity index (χ3v) is 4.56. The van der Waals surface area contributed by atoms with Crippen molar-refractivity contribution in [2.24, 2.45) is 0 Å². The van der Waals surface area contributed by atoms with E-state index in [2.05, 4.69) is 43.8 Å². The van der Waals surface area contributed by atoms with Crippen molar-refractivity contribution >= 4 is 56.2 Å². The first-order valence-electron chi connectivity index (χ1n) is 7.61. The number of hydrogen-bond acceptors (Lipinski definition) is 2. The lowest BCUT2D eigenvalue weighted by molar-refractivity contribution is 0.687. The number of halogens is 2. The Hall–Kier alpha value is -1.89. The minimum absolute atomic E-state index is 0.494. The summed E-state index contributed by atoms with van der Waals surface area (Å²) in [6.07, 6.45) is 3.67. The van der Waals surface area contributed by atoms with Crippen LogP contribution in [-0.2, 0) is 6.54 Å². The standard InChI is InChI=1S/C18H16BrClN4S/c1-12-2-7-15(20)8-17(12)23-18(25)22-16-9-21-24(11-16)10-13-3-5-14(19)6-4-13/h2-9,11H,10H2,1H3,(H2,22,23,25). The second kappa shape index (κ2) is 7.99. The Morgan fingerprint density at radius 2 is 1.96 bits per heavy atom. The summed E-state index contributed by atoms with van der Waals surface area (Å²) < 4.78 is 2.92. The molecule has 128 valence electrons. The Morgan fingerprint density at radius 1 is 1.20 bits per heavy atom. The van der Waals surface area contributed by atoms with Crippen molar-refractivity contribution in [1.29, 1.82) is 0 Å². The van der Waals surface area contributed by atoms with Gasteiger partial charge in [0, 0.05) is 21.4 Å². The third kappa shape index (κ3) is 5.04. The maximum Gasteiger partial charge on any atom is 0.175 e. The minimum Gasteiger partial charge on any atom is -0.332 e. The fourth-order valence-corrected chi connectivity index (χ4v) is 2.97. The van der Waals surface area contributed by atoms with Gasteiger partial charge in [0.25, 0.3) is 0 Å². The molecule has 2 N–H and O–H groups in total. The molecule has 0 bridgehead atoms. The average Bonchev–Trinajstić information content (AvgIpc) is 3.00. The Balaban J connectivity index is 1.61. The highest BCUT2D eigenvalue weighted by atomic mass is 79.9. The van der Waals surface area contributed by atoms with Gasteiger partial charge in [-0.2, -0.15) is 5.10 Å². The van der Waals surface area contributed by atoms with Gasteiger partial charge >= 0.3 is 0 Å². The zero-order chi connectivity index (χ0) is 17.8. The number of anilines is 2. The lowest BCUT2D eigenvalue weighted by Crippen LogP contribution is -2.19. The largest absolute Gasteiger partial charge is 0.332 e. The van der Waals surface area contributed by atoms with Crippen molar-refractivity contribution in [3.05, 3.63) is 75.5 Å². The fourth-order valence-electron chi connectivity index (χ4n) is 2.31. The van der Waals surface area contributed by atoms with Gasteiger partial charge in [-0.05, 0) is 54.5 Å². The van der Waals surface area contributed by atoms with E-state index in [1.165, 1.54) is 5.56 Å². The molecule has 25 heavy (non-hydrogen) atoms. The number of hydrogen-bond donors (Lipinski definition) is 2. The molecule has 0 saturated heterocycles. The number of aryl methyl sites for hydroxylation is 1. The predicted molar refractivity (Wildman–Crippen MR) is 112 cm³/mol. The number of rotatable bonds is 4. The molecule has 1 heterocycles. The summed E-state index contributed by atoms with van der Waals surface area (Å²) >= 11 is 14.8. The summed E-state index contributed by atoms with van der Waals surface area (Å²) in [7, 11) is 0. The number of nitrogens with zero attached hydrogens (tertiary/aromatic N) is 2. The molecule has 7 heteroatoms. The highest BCUT2D eigenvalue weighted by Gasteiger charge is 2.05. The molecule has 0 radical (unpaired) electrons. The van der Waals surface area contributed by atoms with Crippen LogP contribution in [0.2, 0.25) is 5.02 Å². The minimum atomic E-state index is 0.494. The third-order valence-electron chi connectivity index (χ3n) is 3.60. The molecule has 0 amide bonds. The van der Waals surface area contributed by atoms with Gasteiger partial charge in [-0.25, -0.2) is 0 Å². The van der Waals surface area contributed by atoms with Crippen molar-refractivity contribution in [2.45, 2.75) is 13.5 Å². The summed E-state index contributed by atoms with van der Waals surface area (Å²) in [6.45, 7) is 2.69. The molecular formula is C18H16BrClN4S. The van der Waals surface area contributed by atoms with E-state index in [1.54, 1.807) is 6.20 Å². The smallest absolute Gasteiger partial charge is 0.175 e. The Kier molecular flexibility index (Phi) is 5.73. The molecule has 3 aromatic rings. The molecule has 0 saturated carbocycles. The topological polar surface area (TPSA) is 41.9 Å². The Labute approximate surface area is 165 Å². The van der Waals surface area contributed by atoms with Gasteiger partial charge in [0.05, 0.1) is 18.4 Å². The Morgan fingerprint density at radius 3 is 2.72 bits per heavy atom. The van der Waals surface area contributed by atoms with E-state index >= 15 is 0 Å². The second-order valence-corrected chi connectivity index (χ2v) is 7.35. The second-order valence-electron chi connectivity index (χ2n) is 5.59. The van der Waals surface area contributed by atoms with Gasteiger partial charge in [-0.1, -0.05) is 45.7 Å². The van der Waals surface area contributed by atoms with Crippen LogP contribution in [-0.4, -0.2) is 14.9 Å². The van der Waals surface area contributed by atoms with Gasteiger partial charge in [-0.3, -0.25) is 4.68 Å². The van der Waals surface area contributed by atoms with Crippen molar-refractivity contribution in [1.82, 2.24) is 9.78 Å². The first kappa shape index (κ1) is 17.9. The van der Waals surface area contributed by atoms with E-state index in [0.717, 1.165) is 21.4 Å². The monoisotopic (exact) mass is 434 g/mol. The first-order valence-corrected chi connectivity index (χ1v) is 9.18. The van der Waals surface area contributed by atoms with E-state index in [1.807, 2.05) is 48.1 Å². The van der Waals surface area contributed by atoms with Gasteiger partial charge < -0.3 is 10.6 Å². The molecule has 3 rings (SSSR count). The van der Waals surface area contributed by atoms with E-state index in [-0.39, 0.29) is 0 Å². The number of aromatic nitrogens is 2. The number of nitrogens with one attached hydrogen (secondary N) is 2. The van der Waals surface area contributed by atoms with Crippen LogP contribution in [0.25, 0.3) is 0 Å². The maximum atomic E-state index is 6.03. The van der Waals surface area contributed by atoms with E-state index < -0.39 is 0 Å². The molecule has 0 fully saturated rings. The van der Waals surface area contributed by atoms with Crippen LogP contribution in [0.3, 0.4) is 0 Å². The first-order chi connectivity index (χ1) is 12.0. The maximum absolute atomic E-state index is 6.03. The number of thiocarbonyl (C=S) groups is 1. The van der Waals surface area contributed by atoms with Crippen LogP contribution >= 0.6 is 39.7 Å². The van der Waals surface area contributed by atoms with Crippen LogP contribution in [0.15, 0.2) is 59.3 Å². The summed E-state index contributed by atoms with van der Waals surface area (Å²) in [5.74, 6) is 0. The van der Waals surface area contributed by atoms with E-state index in [9.17, 15) is 0 Å². The zero-order valence-corrected chi connectivity index (χ0v) is 16.6. The fraction of sp³-hybridized carbons (Fsp3) is 0.111. The molecule has 0 spiro atoms. The molecular weight excluding hydrogens is 420 g/mol. The highest BCUT2D eigenvalue weighted by Crippen LogP contribution is 2.20. The van der Waals surface area contributed by atoms with E-state index in [4.69, 9.17) is 23.8 Å². The Bertz CT molecular complexity index is 892. The molecule has 2 aromatic carbocycles. The normalized spacial score (nSPS) is 10.5. The van der Waals surface area contributed by atoms with Crippen LogP contribution in [0.1, 0.15) is 11.1 Å². The highest BCUT2D eigenvalue weighted by molar-refractivity contribution is 9.10. The quantitative estimate of drug-likeness (QED) is 0.534. The molecule has 0 unspecified atom stereocenters. The van der Waals surface area contributed by atoms with Crippen molar-refractivity contribution in [3.63, 3.8) is 0 Å². The van der Waals surface area contributed by atoms with Crippen LogP contribution < -0.4 is 10.6 Å². The lowest BCUT2D eigenvalue weighted by atomic mass is 10.2. The van der Waals surface area contributed by atoms with Crippen molar-refractivity contribution < 1.29 is 0 Å². The summed E-state index contributed by atoms with van der Waals surface area (Å²) in [6, 6.07) is 13.8. The SMILES string of the molecule is Cc1ccc(Cl)cc1NC(=S)Nc1cnn(Cc2ccc(Br)cc2)c1. The van der Waals surface area contributed by atoms with Crippen molar-refractivity contribution in [2.75, 3.05) is 10.6 Å². The number of benzene rings is 2. The van der Waals surface area contributed by atoms with Crippen LogP contribution in [0, 0.1) is 6.92 Å². The molecule has 0 aliphatic carbocycles.